The standard InChI is InChI=1S/C20H24FN3O2/c1-20(2,3)17(19(26)22-4)24-18(25)16-10-6-9-15(23-16)14-8-5-7-13(11-14)12-21/h5-11,17H,12H2,1-4H3,(H,22,26)(H,24,25)/t17-/m1/s1. The van der Waals surface area contributed by atoms with Gasteiger partial charge in [-0.2, -0.15) is 0 Å². The Morgan fingerprint density at radius 3 is 2.46 bits per heavy atom. The number of benzene rings is 1. The van der Waals surface area contributed by atoms with Crippen LogP contribution >= 0.6 is 0 Å². The maximum absolute atomic E-state index is 12.9. The van der Waals surface area contributed by atoms with Gasteiger partial charge < -0.3 is 10.6 Å². The van der Waals surface area contributed by atoms with Crippen molar-refractivity contribution < 1.29 is 14.0 Å². The molecular weight excluding hydrogens is 333 g/mol. The SMILES string of the molecule is CNC(=O)[C@@H](NC(=O)c1cccc(-c2cccc(CF)c2)n1)C(C)(C)C. The topological polar surface area (TPSA) is 71.1 Å². The lowest BCUT2D eigenvalue weighted by atomic mass is 9.86. The molecule has 0 spiro atoms. The molecule has 1 heterocycles. The highest BCUT2D eigenvalue weighted by Crippen LogP contribution is 2.21. The van der Waals surface area contributed by atoms with Crippen molar-refractivity contribution in [1.82, 2.24) is 15.6 Å². The van der Waals surface area contributed by atoms with Crippen LogP contribution in [0.2, 0.25) is 0 Å². The van der Waals surface area contributed by atoms with Crippen LogP contribution in [0.15, 0.2) is 42.5 Å². The van der Waals surface area contributed by atoms with E-state index in [0.29, 0.717) is 11.3 Å². The van der Waals surface area contributed by atoms with E-state index in [2.05, 4.69) is 15.6 Å². The van der Waals surface area contributed by atoms with Crippen molar-refractivity contribution in [3.05, 3.63) is 53.7 Å². The van der Waals surface area contributed by atoms with Crippen LogP contribution < -0.4 is 10.6 Å². The van der Waals surface area contributed by atoms with Crippen LogP contribution in [0.3, 0.4) is 0 Å². The monoisotopic (exact) mass is 357 g/mol. The van der Waals surface area contributed by atoms with Crippen molar-refractivity contribution in [2.45, 2.75) is 33.5 Å². The second-order valence-corrected chi connectivity index (χ2v) is 7.13. The van der Waals surface area contributed by atoms with Crippen molar-refractivity contribution in [3.8, 4) is 11.3 Å². The van der Waals surface area contributed by atoms with Gasteiger partial charge in [0, 0.05) is 12.6 Å². The van der Waals surface area contributed by atoms with Crippen molar-refractivity contribution >= 4 is 11.8 Å². The summed E-state index contributed by atoms with van der Waals surface area (Å²) in [6.45, 7) is 5.06. The largest absolute Gasteiger partial charge is 0.357 e. The Hall–Kier alpha value is -2.76. The van der Waals surface area contributed by atoms with Crippen LogP contribution in [0.5, 0.6) is 0 Å². The summed E-state index contributed by atoms with van der Waals surface area (Å²) in [5.74, 6) is -0.699. The minimum atomic E-state index is -0.694. The third-order valence-corrected chi connectivity index (χ3v) is 4.01. The number of rotatable bonds is 5. The minimum absolute atomic E-state index is 0.200. The smallest absolute Gasteiger partial charge is 0.270 e. The average Bonchev–Trinajstić information content (AvgIpc) is 2.64. The number of hydrogen-bond acceptors (Lipinski definition) is 3. The molecule has 2 amide bonds. The average molecular weight is 357 g/mol. The predicted octanol–water partition coefficient (Wildman–Crippen LogP) is 3.11. The second-order valence-electron chi connectivity index (χ2n) is 7.13. The number of likely N-dealkylation sites (N-methyl/N-ethyl adjacent to an activating group) is 1. The van der Waals surface area contributed by atoms with E-state index < -0.39 is 24.0 Å². The molecule has 0 saturated carbocycles. The highest BCUT2D eigenvalue weighted by Gasteiger charge is 2.32. The van der Waals surface area contributed by atoms with Gasteiger partial charge in [-0.25, -0.2) is 9.37 Å². The number of nitrogens with zero attached hydrogens (tertiary/aromatic N) is 1. The van der Waals surface area contributed by atoms with E-state index in [1.165, 1.54) is 7.05 Å². The highest BCUT2D eigenvalue weighted by molar-refractivity contribution is 5.96. The van der Waals surface area contributed by atoms with Gasteiger partial charge in [-0.05, 0) is 29.2 Å². The van der Waals surface area contributed by atoms with Crippen molar-refractivity contribution in [1.29, 1.82) is 0 Å². The number of aromatic nitrogens is 1. The van der Waals surface area contributed by atoms with E-state index in [1.807, 2.05) is 26.8 Å². The summed E-state index contributed by atoms with van der Waals surface area (Å²) in [5, 5.41) is 5.32. The van der Waals surface area contributed by atoms with Crippen LogP contribution in [0, 0.1) is 5.41 Å². The fourth-order valence-electron chi connectivity index (χ4n) is 2.56. The van der Waals surface area contributed by atoms with Crippen molar-refractivity contribution in [2.75, 3.05) is 7.05 Å². The first-order valence-electron chi connectivity index (χ1n) is 8.41. The van der Waals surface area contributed by atoms with Gasteiger partial charge in [0.25, 0.3) is 5.91 Å². The molecule has 1 aromatic carbocycles. The normalized spacial score (nSPS) is 12.3. The number of pyridine rings is 1. The molecular formula is C20H24FN3O2. The lowest BCUT2D eigenvalue weighted by Crippen LogP contribution is -2.53. The maximum Gasteiger partial charge on any atom is 0.270 e. The zero-order chi connectivity index (χ0) is 19.3. The van der Waals surface area contributed by atoms with E-state index in [-0.39, 0.29) is 11.6 Å². The Balaban J connectivity index is 2.28. The Labute approximate surface area is 153 Å². The van der Waals surface area contributed by atoms with E-state index in [1.54, 1.807) is 36.4 Å². The molecule has 0 fully saturated rings. The van der Waals surface area contributed by atoms with Gasteiger partial charge in [0.15, 0.2) is 0 Å². The molecule has 2 aromatic rings. The number of halogens is 1. The fourth-order valence-corrected chi connectivity index (χ4v) is 2.56. The molecule has 0 radical (unpaired) electrons. The van der Waals surface area contributed by atoms with Gasteiger partial charge in [0.2, 0.25) is 5.91 Å². The van der Waals surface area contributed by atoms with Gasteiger partial charge >= 0.3 is 0 Å². The van der Waals surface area contributed by atoms with Gasteiger partial charge in [0.05, 0.1) is 5.69 Å². The number of carbonyl (C=O) groups is 2. The Morgan fingerprint density at radius 2 is 1.85 bits per heavy atom. The Kier molecular flexibility index (Phi) is 6.08. The fraction of sp³-hybridized carbons (Fsp3) is 0.350. The number of hydrogen-bond donors (Lipinski definition) is 2. The maximum atomic E-state index is 12.9. The zero-order valence-corrected chi connectivity index (χ0v) is 15.5. The molecule has 138 valence electrons. The molecule has 2 N–H and O–H groups in total. The van der Waals surface area contributed by atoms with Gasteiger partial charge in [-0.15, -0.1) is 0 Å². The van der Waals surface area contributed by atoms with Crippen LogP contribution in [-0.2, 0) is 11.5 Å². The molecule has 5 nitrogen and oxygen atoms in total. The summed E-state index contributed by atoms with van der Waals surface area (Å²) in [6.07, 6.45) is 0. The van der Waals surface area contributed by atoms with Gasteiger partial charge in [-0.3, -0.25) is 9.59 Å². The van der Waals surface area contributed by atoms with Crippen LogP contribution in [0.4, 0.5) is 4.39 Å². The number of carbonyl (C=O) groups excluding carboxylic acids is 2. The molecule has 1 aromatic heterocycles. The second kappa shape index (κ2) is 8.08. The van der Waals surface area contributed by atoms with Crippen molar-refractivity contribution in [3.63, 3.8) is 0 Å². The summed E-state index contributed by atoms with van der Waals surface area (Å²) < 4.78 is 12.9. The summed E-state index contributed by atoms with van der Waals surface area (Å²) in [6, 6.07) is 11.3. The first-order chi connectivity index (χ1) is 12.3. The minimum Gasteiger partial charge on any atom is -0.357 e. The van der Waals surface area contributed by atoms with E-state index >= 15 is 0 Å². The molecule has 0 aliphatic carbocycles. The summed E-state index contributed by atoms with van der Waals surface area (Å²) in [7, 11) is 1.53. The van der Waals surface area contributed by atoms with Gasteiger partial charge in [0.1, 0.15) is 18.4 Å². The van der Waals surface area contributed by atoms with Gasteiger partial charge in [-0.1, -0.05) is 45.0 Å². The van der Waals surface area contributed by atoms with Crippen molar-refractivity contribution in [2.24, 2.45) is 5.41 Å². The summed E-state index contributed by atoms with van der Waals surface area (Å²) in [4.78, 5) is 29.1. The van der Waals surface area contributed by atoms with Crippen LogP contribution in [0.25, 0.3) is 11.3 Å². The Morgan fingerprint density at radius 1 is 1.15 bits per heavy atom. The number of alkyl halides is 1. The lowest BCUT2D eigenvalue weighted by Gasteiger charge is -2.29. The quantitative estimate of drug-likeness (QED) is 0.864. The first kappa shape index (κ1) is 19.6. The molecule has 6 heteroatoms. The summed E-state index contributed by atoms with van der Waals surface area (Å²) >= 11 is 0. The van der Waals surface area contributed by atoms with Crippen LogP contribution in [-0.4, -0.2) is 29.9 Å². The number of amides is 2. The van der Waals surface area contributed by atoms with Crippen LogP contribution in [0.1, 0.15) is 36.8 Å². The third kappa shape index (κ3) is 4.65. The lowest BCUT2D eigenvalue weighted by molar-refractivity contribution is -0.124. The molecule has 0 unspecified atom stereocenters. The molecule has 0 bridgehead atoms. The number of nitrogens with one attached hydrogen (secondary N) is 2. The van der Waals surface area contributed by atoms with E-state index in [4.69, 9.17) is 0 Å². The third-order valence-electron chi connectivity index (χ3n) is 4.01. The molecule has 2 rings (SSSR count). The molecule has 0 aliphatic rings. The summed E-state index contributed by atoms with van der Waals surface area (Å²) in [5.41, 5.74) is 1.59. The molecule has 0 aliphatic heterocycles. The van der Waals surface area contributed by atoms with E-state index in [0.717, 1.165) is 5.56 Å². The molecule has 1 atom stereocenters. The predicted molar refractivity (Wildman–Crippen MR) is 99.3 cm³/mol. The zero-order valence-electron chi connectivity index (χ0n) is 15.5. The Bertz CT molecular complexity index is 800. The van der Waals surface area contributed by atoms with E-state index in [9.17, 15) is 14.0 Å². The first-order valence-corrected chi connectivity index (χ1v) is 8.41. The molecule has 26 heavy (non-hydrogen) atoms. The molecule has 0 saturated heterocycles. The highest BCUT2D eigenvalue weighted by atomic mass is 19.1.